The van der Waals surface area contributed by atoms with E-state index < -0.39 is 0 Å². The summed E-state index contributed by atoms with van der Waals surface area (Å²) < 4.78 is 15.5. The molecule has 0 bridgehead atoms. The molecular weight excluding hydrogens is 440 g/mol. The van der Waals surface area contributed by atoms with Crippen LogP contribution in [0.4, 0.5) is 5.69 Å². The van der Waals surface area contributed by atoms with Crippen LogP contribution in [0.25, 0.3) is 6.08 Å². The van der Waals surface area contributed by atoms with Crippen molar-refractivity contribution in [2.24, 2.45) is 4.99 Å². The predicted octanol–water partition coefficient (Wildman–Crippen LogP) is 4.77. The molecular formula is C22H21ClN2O5S. The van der Waals surface area contributed by atoms with Gasteiger partial charge in [0.05, 0.1) is 42.0 Å². The molecule has 1 heterocycles. The highest BCUT2D eigenvalue weighted by Gasteiger charge is 2.30. The molecule has 162 valence electrons. The van der Waals surface area contributed by atoms with E-state index in [0.29, 0.717) is 50.0 Å². The molecule has 0 atom stereocenters. The van der Waals surface area contributed by atoms with Crippen LogP contribution in [-0.4, -0.2) is 49.8 Å². The van der Waals surface area contributed by atoms with Crippen LogP contribution in [0.2, 0.25) is 5.02 Å². The van der Waals surface area contributed by atoms with Crippen molar-refractivity contribution in [1.82, 2.24) is 4.90 Å². The molecule has 1 amide bonds. The number of aliphatic imine (C=N–C) groups is 1. The van der Waals surface area contributed by atoms with Crippen LogP contribution in [0, 0.1) is 0 Å². The van der Waals surface area contributed by atoms with Crippen molar-refractivity contribution in [3.8, 4) is 11.5 Å². The van der Waals surface area contributed by atoms with E-state index in [2.05, 4.69) is 4.99 Å². The number of likely N-dealkylation sites (N-methyl/N-ethyl adjacent to an activating group) is 1. The highest BCUT2D eigenvalue weighted by Crippen LogP contribution is 2.38. The maximum absolute atomic E-state index is 12.7. The van der Waals surface area contributed by atoms with Crippen LogP contribution in [-0.2, 0) is 9.53 Å². The van der Waals surface area contributed by atoms with E-state index in [-0.39, 0.29) is 11.9 Å². The van der Waals surface area contributed by atoms with Gasteiger partial charge in [-0.1, -0.05) is 11.6 Å². The molecule has 0 N–H and O–H groups in total. The molecule has 31 heavy (non-hydrogen) atoms. The molecule has 0 aliphatic carbocycles. The molecule has 1 saturated heterocycles. The quantitative estimate of drug-likeness (QED) is 0.456. The number of ether oxygens (including phenoxy) is 3. The average Bonchev–Trinajstić information content (AvgIpc) is 3.03. The van der Waals surface area contributed by atoms with Crippen LogP contribution in [0.3, 0.4) is 0 Å². The normalized spacial score (nSPS) is 16.2. The number of methoxy groups -OCH3 is 2. The van der Waals surface area contributed by atoms with Crippen molar-refractivity contribution in [1.29, 1.82) is 0 Å². The summed E-state index contributed by atoms with van der Waals surface area (Å²) in [4.78, 5) is 30.9. The van der Waals surface area contributed by atoms with E-state index in [1.165, 1.54) is 30.9 Å². The molecule has 0 unspecified atom stereocenters. The fourth-order valence-corrected chi connectivity index (χ4v) is 3.96. The molecule has 7 nitrogen and oxygen atoms in total. The SMILES string of the molecule is CCOC(=O)c1ccc(N=C2SC(=Cc3cc(OC)c(OC)cc3Cl)C(=O)N2C)cc1. The van der Waals surface area contributed by atoms with Crippen LogP contribution in [0.1, 0.15) is 22.8 Å². The van der Waals surface area contributed by atoms with Gasteiger partial charge in [0.2, 0.25) is 0 Å². The Morgan fingerprint density at radius 3 is 2.42 bits per heavy atom. The first kappa shape index (κ1) is 22.7. The monoisotopic (exact) mass is 460 g/mol. The van der Waals surface area contributed by atoms with E-state index in [1.54, 1.807) is 56.4 Å². The molecule has 2 aromatic carbocycles. The highest BCUT2D eigenvalue weighted by molar-refractivity contribution is 8.18. The summed E-state index contributed by atoms with van der Waals surface area (Å²) >= 11 is 7.58. The standard InChI is InChI=1S/C22H21ClN2O5S/c1-5-30-21(27)13-6-8-15(9-7-13)24-22-25(2)20(26)19(31-22)11-14-10-17(28-3)18(29-4)12-16(14)23/h6-12H,5H2,1-4H3. The van der Waals surface area contributed by atoms with Crippen LogP contribution >= 0.6 is 23.4 Å². The van der Waals surface area contributed by atoms with Gasteiger partial charge in [0, 0.05) is 13.1 Å². The topological polar surface area (TPSA) is 77.4 Å². The second-order valence-corrected chi connectivity index (χ2v) is 7.78. The zero-order valence-corrected chi connectivity index (χ0v) is 19.0. The van der Waals surface area contributed by atoms with Crippen LogP contribution < -0.4 is 9.47 Å². The number of halogens is 1. The van der Waals surface area contributed by atoms with Crippen molar-refractivity contribution in [3.05, 3.63) is 57.5 Å². The van der Waals surface area contributed by atoms with E-state index in [1.807, 2.05) is 0 Å². The second-order valence-electron chi connectivity index (χ2n) is 6.37. The van der Waals surface area contributed by atoms with Gasteiger partial charge in [-0.25, -0.2) is 9.79 Å². The maximum atomic E-state index is 12.7. The first-order valence-electron chi connectivity index (χ1n) is 9.33. The van der Waals surface area contributed by atoms with Gasteiger partial charge in [0.1, 0.15) is 0 Å². The van der Waals surface area contributed by atoms with Gasteiger partial charge in [0.15, 0.2) is 16.7 Å². The summed E-state index contributed by atoms with van der Waals surface area (Å²) in [6.45, 7) is 2.06. The minimum absolute atomic E-state index is 0.197. The van der Waals surface area contributed by atoms with Crippen molar-refractivity contribution in [3.63, 3.8) is 0 Å². The molecule has 0 saturated carbocycles. The molecule has 0 radical (unpaired) electrons. The van der Waals surface area contributed by atoms with Gasteiger partial charge < -0.3 is 14.2 Å². The Morgan fingerprint density at radius 2 is 1.81 bits per heavy atom. The lowest BCUT2D eigenvalue weighted by Gasteiger charge is -2.10. The fraction of sp³-hybridized carbons (Fsp3) is 0.227. The van der Waals surface area contributed by atoms with Gasteiger partial charge >= 0.3 is 5.97 Å². The summed E-state index contributed by atoms with van der Waals surface area (Å²) in [6, 6.07) is 10.0. The average molecular weight is 461 g/mol. The van der Waals surface area contributed by atoms with Gasteiger partial charge in [-0.2, -0.15) is 0 Å². The zero-order chi connectivity index (χ0) is 22.5. The number of thioether (sulfide) groups is 1. The lowest BCUT2D eigenvalue weighted by atomic mass is 10.1. The minimum atomic E-state index is -0.388. The molecule has 1 fully saturated rings. The third kappa shape index (κ3) is 5.03. The summed E-state index contributed by atoms with van der Waals surface area (Å²) in [5, 5.41) is 0.942. The van der Waals surface area contributed by atoms with Gasteiger partial charge in [0.25, 0.3) is 5.91 Å². The number of carbonyl (C=O) groups is 2. The molecule has 1 aliphatic rings. The van der Waals surface area contributed by atoms with Crippen molar-refractivity contribution < 1.29 is 23.8 Å². The summed E-state index contributed by atoms with van der Waals surface area (Å²) in [5.41, 5.74) is 1.68. The Bertz CT molecular complexity index is 1070. The predicted molar refractivity (Wildman–Crippen MR) is 122 cm³/mol. The fourth-order valence-electron chi connectivity index (χ4n) is 2.77. The van der Waals surface area contributed by atoms with Crippen LogP contribution in [0.15, 0.2) is 46.3 Å². The minimum Gasteiger partial charge on any atom is -0.493 e. The van der Waals surface area contributed by atoms with Crippen molar-refractivity contribution >= 4 is 52.2 Å². The molecule has 1 aliphatic heterocycles. The second kappa shape index (κ2) is 9.89. The van der Waals surface area contributed by atoms with E-state index in [9.17, 15) is 9.59 Å². The number of hydrogen-bond acceptors (Lipinski definition) is 7. The zero-order valence-electron chi connectivity index (χ0n) is 17.5. The Kier molecular flexibility index (Phi) is 7.25. The Morgan fingerprint density at radius 1 is 1.16 bits per heavy atom. The first-order chi connectivity index (χ1) is 14.9. The lowest BCUT2D eigenvalue weighted by molar-refractivity contribution is -0.121. The molecule has 3 rings (SSSR count). The van der Waals surface area contributed by atoms with E-state index >= 15 is 0 Å². The first-order valence-corrected chi connectivity index (χ1v) is 10.5. The summed E-state index contributed by atoms with van der Waals surface area (Å²) in [5.74, 6) is 0.433. The van der Waals surface area contributed by atoms with Crippen molar-refractivity contribution in [2.45, 2.75) is 6.92 Å². The third-order valence-electron chi connectivity index (χ3n) is 4.40. The molecule has 9 heteroatoms. The highest BCUT2D eigenvalue weighted by atomic mass is 35.5. The number of rotatable bonds is 6. The Balaban J connectivity index is 1.86. The lowest BCUT2D eigenvalue weighted by Crippen LogP contribution is -2.23. The Labute approximate surface area is 189 Å². The maximum Gasteiger partial charge on any atom is 0.338 e. The Hall–Kier alpha value is -2.97. The number of benzene rings is 2. The number of amidine groups is 1. The van der Waals surface area contributed by atoms with Gasteiger partial charge in [-0.15, -0.1) is 0 Å². The number of amides is 1. The number of carbonyl (C=O) groups excluding carboxylic acids is 2. The van der Waals surface area contributed by atoms with E-state index in [0.717, 1.165) is 0 Å². The molecule has 0 spiro atoms. The number of esters is 1. The molecule has 0 aromatic heterocycles. The molecule has 2 aromatic rings. The van der Waals surface area contributed by atoms with Crippen molar-refractivity contribution in [2.75, 3.05) is 27.9 Å². The largest absolute Gasteiger partial charge is 0.493 e. The van der Waals surface area contributed by atoms with Gasteiger partial charge in [-0.3, -0.25) is 9.69 Å². The van der Waals surface area contributed by atoms with E-state index in [4.69, 9.17) is 25.8 Å². The third-order valence-corrected chi connectivity index (χ3v) is 5.78. The smallest absolute Gasteiger partial charge is 0.338 e. The summed E-state index contributed by atoms with van der Waals surface area (Å²) in [6.07, 6.45) is 1.69. The number of nitrogens with zero attached hydrogens (tertiary/aromatic N) is 2. The summed E-state index contributed by atoms with van der Waals surface area (Å²) in [7, 11) is 4.71. The van der Waals surface area contributed by atoms with Gasteiger partial charge in [-0.05, 0) is 60.7 Å². The van der Waals surface area contributed by atoms with Crippen LogP contribution in [0.5, 0.6) is 11.5 Å². The number of hydrogen-bond donors (Lipinski definition) is 0.